The molecule has 6 nitrogen and oxygen atoms in total. The molecule has 1 aliphatic rings. The summed E-state index contributed by atoms with van der Waals surface area (Å²) in [5.74, 6) is 0.149. The molecule has 4 rings (SSSR count). The van der Waals surface area contributed by atoms with E-state index in [1.807, 2.05) is 12.1 Å². The number of morpholine rings is 1. The highest BCUT2D eigenvalue weighted by molar-refractivity contribution is 7.13. The van der Waals surface area contributed by atoms with E-state index in [0.717, 1.165) is 29.5 Å². The monoisotopic (exact) mass is 432 g/mol. The van der Waals surface area contributed by atoms with E-state index < -0.39 is 5.82 Å². The fourth-order valence-electron chi connectivity index (χ4n) is 2.96. The van der Waals surface area contributed by atoms with Gasteiger partial charge in [0.1, 0.15) is 22.3 Å². The molecule has 150 valence electrons. The summed E-state index contributed by atoms with van der Waals surface area (Å²) >= 11 is 7.39. The van der Waals surface area contributed by atoms with Gasteiger partial charge in [-0.15, -0.1) is 11.3 Å². The zero-order valence-electron chi connectivity index (χ0n) is 15.4. The van der Waals surface area contributed by atoms with Crippen LogP contribution < -0.4 is 10.2 Å². The highest BCUT2D eigenvalue weighted by atomic mass is 35.5. The SMILES string of the molecule is O=C(NCc1ccc(F)cc1Cl)c1csc(-c2ccnc(N3CCOCC3)c2)n1. The molecule has 3 aromatic rings. The van der Waals surface area contributed by atoms with Crippen molar-refractivity contribution in [3.63, 3.8) is 0 Å². The standard InChI is InChI=1S/C20H18ClFN4O2S/c21-16-10-15(22)2-1-14(16)11-24-19(27)17-12-29-20(25-17)13-3-4-23-18(9-13)26-5-7-28-8-6-26/h1-4,9-10,12H,5-8,11H2,(H,24,27). The average molecular weight is 433 g/mol. The molecule has 2 aromatic heterocycles. The number of hydrogen-bond donors (Lipinski definition) is 1. The van der Waals surface area contributed by atoms with Crippen LogP contribution in [0.2, 0.25) is 5.02 Å². The maximum atomic E-state index is 13.1. The van der Waals surface area contributed by atoms with E-state index in [1.54, 1.807) is 17.6 Å². The number of aromatic nitrogens is 2. The van der Waals surface area contributed by atoms with Gasteiger partial charge in [0.05, 0.1) is 13.2 Å². The number of hydrogen-bond acceptors (Lipinski definition) is 6. The number of ether oxygens (including phenoxy) is 1. The number of carbonyl (C=O) groups is 1. The molecular formula is C20H18ClFN4O2S. The number of rotatable bonds is 5. The third-order valence-electron chi connectivity index (χ3n) is 4.52. The zero-order chi connectivity index (χ0) is 20.2. The van der Waals surface area contributed by atoms with Crippen LogP contribution in [0.5, 0.6) is 0 Å². The van der Waals surface area contributed by atoms with Crippen molar-refractivity contribution in [2.45, 2.75) is 6.54 Å². The van der Waals surface area contributed by atoms with E-state index in [2.05, 4.69) is 20.2 Å². The molecule has 29 heavy (non-hydrogen) atoms. The minimum absolute atomic E-state index is 0.196. The van der Waals surface area contributed by atoms with Crippen molar-refractivity contribution >= 4 is 34.7 Å². The largest absolute Gasteiger partial charge is 0.378 e. The number of pyridine rings is 1. The van der Waals surface area contributed by atoms with Crippen LogP contribution in [0.3, 0.4) is 0 Å². The van der Waals surface area contributed by atoms with Gasteiger partial charge in [0.25, 0.3) is 5.91 Å². The van der Waals surface area contributed by atoms with Gasteiger partial charge in [0, 0.05) is 41.8 Å². The Labute approximate surface area is 176 Å². The Morgan fingerprint density at radius 2 is 2.10 bits per heavy atom. The van der Waals surface area contributed by atoms with Gasteiger partial charge in [-0.1, -0.05) is 17.7 Å². The number of nitrogens with one attached hydrogen (secondary N) is 1. The van der Waals surface area contributed by atoms with E-state index >= 15 is 0 Å². The lowest BCUT2D eigenvalue weighted by Crippen LogP contribution is -2.36. The first-order valence-corrected chi connectivity index (χ1v) is 10.3. The maximum Gasteiger partial charge on any atom is 0.271 e. The molecule has 9 heteroatoms. The third-order valence-corrected chi connectivity index (χ3v) is 5.76. The van der Waals surface area contributed by atoms with E-state index in [4.69, 9.17) is 16.3 Å². The van der Waals surface area contributed by atoms with Crippen molar-refractivity contribution in [3.8, 4) is 10.6 Å². The molecule has 0 spiro atoms. The summed E-state index contributed by atoms with van der Waals surface area (Å²) in [5.41, 5.74) is 1.88. The van der Waals surface area contributed by atoms with E-state index in [-0.39, 0.29) is 17.5 Å². The van der Waals surface area contributed by atoms with Gasteiger partial charge in [-0.05, 0) is 29.8 Å². The van der Waals surface area contributed by atoms with Crippen molar-refractivity contribution in [2.24, 2.45) is 0 Å². The van der Waals surface area contributed by atoms with Crippen LogP contribution in [-0.2, 0) is 11.3 Å². The third kappa shape index (κ3) is 4.72. The summed E-state index contributed by atoms with van der Waals surface area (Å²) < 4.78 is 18.5. The molecule has 0 bridgehead atoms. The summed E-state index contributed by atoms with van der Waals surface area (Å²) in [6.07, 6.45) is 1.75. The fourth-order valence-corrected chi connectivity index (χ4v) is 3.99. The lowest BCUT2D eigenvalue weighted by Gasteiger charge is -2.27. The second kappa shape index (κ2) is 8.86. The molecule has 0 radical (unpaired) electrons. The number of benzene rings is 1. The Balaban J connectivity index is 1.44. The van der Waals surface area contributed by atoms with Gasteiger partial charge >= 0.3 is 0 Å². The van der Waals surface area contributed by atoms with Crippen LogP contribution in [0.1, 0.15) is 16.1 Å². The second-order valence-corrected chi connectivity index (χ2v) is 7.72. The number of thiazole rings is 1. The lowest BCUT2D eigenvalue weighted by molar-refractivity contribution is 0.0946. The first kappa shape index (κ1) is 19.8. The number of carbonyl (C=O) groups excluding carboxylic acids is 1. The average Bonchev–Trinajstić information content (AvgIpc) is 3.24. The predicted molar refractivity (Wildman–Crippen MR) is 111 cm³/mol. The van der Waals surface area contributed by atoms with Gasteiger partial charge in [0.15, 0.2) is 0 Å². The van der Waals surface area contributed by atoms with Crippen LogP contribution in [-0.4, -0.2) is 42.2 Å². The van der Waals surface area contributed by atoms with Gasteiger partial charge in [0.2, 0.25) is 0 Å². The van der Waals surface area contributed by atoms with Crippen LogP contribution >= 0.6 is 22.9 Å². The van der Waals surface area contributed by atoms with Crippen LogP contribution in [0, 0.1) is 5.82 Å². The molecule has 0 saturated carbocycles. The van der Waals surface area contributed by atoms with Crippen LogP contribution in [0.15, 0.2) is 41.9 Å². The first-order valence-electron chi connectivity index (χ1n) is 9.07. The van der Waals surface area contributed by atoms with Crippen LogP contribution in [0.25, 0.3) is 10.6 Å². The molecule has 1 aromatic carbocycles. The molecule has 1 aliphatic heterocycles. The summed E-state index contributed by atoms with van der Waals surface area (Å²) in [6.45, 7) is 3.17. The van der Waals surface area contributed by atoms with E-state index in [0.29, 0.717) is 24.5 Å². The molecule has 3 heterocycles. The molecule has 0 unspecified atom stereocenters. The molecule has 1 fully saturated rings. The number of anilines is 1. The Kier molecular flexibility index (Phi) is 6.03. The van der Waals surface area contributed by atoms with Gasteiger partial charge in [-0.2, -0.15) is 0 Å². The minimum atomic E-state index is -0.414. The molecule has 0 atom stereocenters. The molecule has 0 aliphatic carbocycles. The zero-order valence-corrected chi connectivity index (χ0v) is 17.0. The van der Waals surface area contributed by atoms with Crippen LogP contribution in [0.4, 0.5) is 10.2 Å². The van der Waals surface area contributed by atoms with E-state index in [1.165, 1.54) is 23.5 Å². The minimum Gasteiger partial charge on any atom is -0.378 e. The Bertz CT molecular complexity index is 1020. The summed E-state index contributed by atoms with van der Waals surface area (Å²) in [4.78, 5) is 23.5. The maximum absolute atomic E-state index is 13.1. The van der Waals surface area contributed by atoms with Crippen molar-refractivity contribution in [1.82, 2.24) is 15.3 Å². The summed E-state index contributed by atoms with van der Waals surface area (Å²) in [5, 5.41) is 5.50. The van der Waals surface area contributed by atoms with Gasteiger partial charge < -0.3 is 15.0 Å². The molecule has 1 N–H and O–H groups in total. The molecule has 1 amide bonds. The Hall–Kier alpha value is -2.55. The summed E-state index contributed by atoms with van der Waals surface area (Å²) in [6, 6.07) is 7.94. The Morgan fingerprint density at radius 3 is 2.90 bits per heavy atom. The van der Waals surface area contributed by atoms with Crippen molar-refractivity contribution in [2.75, 3.05) is 31.2 Å². The fraction of sp³-hybridized carbons (Fsp3) is 0.250. The highest BCUT2D eigenvalue weighted by Gasteiger charge is 2.16. The molecule has 1 saturated heterocycles. The normalized spacial score (nSPS) is 14.1. The van der Waals surface area contributed by atoms with Gasteiger partial charge in [-0.25, -0.2) is 14.4 Å². The number of amides is 1. The van der Waals surface area contributed by atoms with Crippen molar-refractivity contribution < 1.29 is 13.9 Å². The number of halogens is 2. The lowest BCUT2D eigenvalue weighted by atomic mass is 10.2. The quantitative estimate of drug-likeness (QED) is 0.664. The Morgan fingerprint density at radius 1 is 1.28 bits per heavy atom. The topological polar surface area (TPSA) is 67.4 Å². The van der Waals surface area contributed by atoms with E-state index in [9.17, 15) is 9.18 Å². The van der Waals surface area contributed by atoms with Crippen molar-refractivity contribution in [1.29, 1.82) is 0 Å². The highest BCUT2D eigenvalue weighted by Crippen LogP contribution is 2.26. The summed E-state index contributed by atoms with van der Waals surface area (Å²) in [7, 11) is 0. The smallest absolute Gasteiger partial charge is 0.271 e. The first-order chi connectivity index (χ1) is 14.1. The number of nitrogens with zero attached hydrogens (tertiary/aromatic N) is 3. The van der Waals surface area contributed by atoms with Gasteiger partial charge in [-0.3, -0.25) is 4.79 Å². The molecular weight excluding hydrogens is 415 g/mol. The van der Waals surface area contributed by atoms with Crippen molar-refractivity contribution in [3.05, 3.63) is 64.0 Å². The predicted octanol–water partition coefficient (Wildman–Crippen LogP) is 3.76. The second-order valence-electron chi connectivity index (χ2n) is 6.46.